The Balaban J connectivity index is 2.84. The van der Waals surface area contributed by atoms with Crippen molar-refractivity contribution in [2.75, 3.05) is 13.6 Å². The Bertz CT molecular complexity index is 421. The average Bonchev–Trinajstić information content (AvgIpc) is 2.27. The van der Waals surface area contributed by atoms with Gasteiger partial charge in [0.2, 0.25) is 0 Å². The Hall–Kier alpha value is -1.89. The minimum absolute atomic E-state index is 0.0763. The van der Waals surface area contributed by atoms with Gasteiger partial charge in [0.05, 0.1) is 0 Å². The fourth-order valence-electron chi connectivity index (χ4n) is 1.48. The molecule has 0 atom stereocenters. The smallest absolute Gasteiger partial charge is 0.253 e. The first-order valence-electron chi connectivity index (χ1n) is 5.16. The summed E-state index contributed by atoms with van der Waals surface area (Å²) in [5.41, 5.74) is 0.776. The quantitative estimate of drug-likeness (QED) is 0.774. The molecule has 0 N–H and O–H groups in total. The molecule has 1 amide bonds. The van der Waals surface area contributed by atoms with Crippen molar-refractivity contribution in [1.82, 2.24) is 9.88 Å². The first-order chi connectivity index (χ1) is 7.54. The molecule has 1 heterocycles. The van der Waals surface area contributed by atoms with E-state index in [0.29, 0.717) is 18.0 Å². The average molecular weight is 217 g/mol. The maximum absolute atomic E-state index is 11.9. The van der Waals surface area contributed by atoms with Crippen molar-refractivity contribution in [3.8, 4) is 6.07 Å². The predicted octanol–water partition coefficient (Wildman–Crippen LogP) is 1.68. The van der Waals surface area contributed by atoms with Crippen molar-refractivity contribution in [3.05, 3.63) is 29.6 Å². The zero-order valence-corrected chi connectivity index (χ0v) is 9.77. The highest BCUT2D eigenvalue weighted by Crippen LogP contribution is 2.06. The Morgan fingerprint density at radius 3 is 2.88 bits per heavy atom. The summed E-state index contributed by atoms with van der Waals surface area (Å²) in [5, 5.41) is 8.69. The topological polar surface area (TPSA) is 57.0 Å². The maximum atomic E-state index is 11.9. The zero-order valence-electron chi connectivity index (χ0n) is 9.77. The van der Waals surface area contributed by atoms with Crippen molar-refractivity contribution in [2.24, 2.45) is 5.92 Å². The first kappa shape index (κ1) is 12.2. The van der Waals surface area contributed by atoms with Gasteiger partial charge in [-0.15, -0.1) is 0 Å². The van der Waals surface area contributed by atoms with Crippen LogP contribution in [0.4, 0.5) is 0 Å². The molecule has 0 aliphatic rings. The Morgan fingerprint density at radius 2 is 2.31 bits per heavy atom. The summed E-state index contributed by atoms with van der Waals surface area (Å²) in [4.78, 5) is 17.4. The molecule has 84 valence electrons. The summed E-state index contributed by atoms with van der Waals surface area (Å²) in [6.07, 6.45) is 1.48. The Labute approximate surface area is 95.5 Å². The molecule has 0 saturated carbocycles. The second-order valence-corrected chi connectivity index (χ2v) is 4.12. The van der Waals surface area contributed by atoms with Gasteiger partial charge in [-0.2, -0.15) is 5.26 Å². The Kier molecular flexibility index (Phi) is 4.01. The molecule has 4 nitrogen and oxygen atoms in total. The van der Waals surface area contributed by atoms with Crippen molar-refractivity contribution in [3.63, 3.8) is 0 Å². The van der Waals surface area contributed by atoms with E-state index in [1.807, 2.05) is 6.07 Å². The van der Waals surface area contributed by atoms with E-state index in [1.165, 1.54) is 12.3 Å². The number of aromatic nitrogens is 1. The van der Waals surface area contributed by atoms with Crippen LogP contribution < -0.4 is 0 Å². The number of hydrogen-bond acceptors (Lipinski definition) is 3. The number of amides is 1. The lowest BCUT2D eigenvalue weighted by molar-refractivity contribution is 0.0779. The number of rotatable bonds is 3. The zero-order chi connectivity index (χ0) is 12.1. The van der Waals surface area contributed by atoms with Gasteiger partial charge in [0.15, 0.2) is 0 Å². The number of carbonyl (C=O) groups excluding carboxylic acids is 1. The third-order valence-corrected chi connectivity index (χ3v) is 2.11. The summed E-state index contributed by atoms with van der Waals surface area (Å²) in [5.74, 6) is 0.346. The standard InChI is InChI=1S/C12H15N3O/c1-9(2)8-15(3)12(16)10-4-5-14-11(6-10)7-13/h4-6,9H,8H2,1-3H3. The summed E-state index contributed by atoms with van der Waals surface area (Å²) < 4.78 is 0. The van der Waals surface area contributed by atoms with Gasteiger partial charge in [0.25, 0.3) is 5.91 Å². The van der Waals surface area contributed by atoms with E-state index < -0.39 is 0 Å². The first-order valence-corrected chi connectivity index (χ1v) is 5.16. The summed E-state index contributed by atoms with van der Waals surface area (Å²) >= 11 is 0. The van der Waals surface area contributed by atoms with Crippen LogP contribution in [-0.4, -0.2) is 29.4 Å². The van der Waals surface area contributed by atoms with E-state index in [4.69, 9.17) is 5.26 Å². The predicted molar refractivity (Wildman–Crippen MR) is 60.8 cm³/mol. The molecule has 0 aromatic carbocycles. The van der Waals surface area contributed by atoms with Crippen LogP contribution in [0.25, 0.3) is 0 Å². The van der Waals surface area contributed by atoms with Crippen molar-refractivity contribution in [1.29, 1.82) is 5.26 Å². The van der Waals surface area contributed by atoms with Crippen LogP contribution in [0.2, 0.25) is 0 Å². The highest BCUT2D eigenvalue weighted by molar-refractivity contribution is 5.94. The number of nitriles is 1. The second-order valence-electron chi connectivity index (χ2n) is 4.12. The molecule has 0 bridgehead atoms. The van der Waals surface area contributed by atoms with Gasteiger partial charge in [-0.25, -0.2) is 4.98 Å². The molecule has 0 aliphatic heterocycles. The van der Waals surface area contributed by atoms with Crippen LogP contribution >= 0.6 is 0 Å². The number of hydrogen-bond donors (Lipinski definition) is 0. The van der Waals surface area contributed by atoms with Crippen molar-refractivity contribution in [2.45, 2.75) is 13.8 Å². The summed E-state index contributed by atoms with van der Waals surface area (Å²) in [7, 11) is 1.76. The van der Waals surface area contributed by atoms with E-state index in [0.717, 1.165) is 0 Å². The third kappa shape index (κ3) is 3.06. The lowest BCUT2D eigenvalue weighted by Crippen LogP contribution is -2.30. The maximum Gasteiger partial charge on any atom is 0.253 e. The van der Waals surface area contributed by atoms with Gasteiger partial charge in [-0.3, -0.25) is 4.79 Å². The van der Waals surface area contributed by atoms with E-state index in [1.54, 1.807) is 18.0 Å². The molecular formula is C12H15N3O. The van der Waals surface area contributed by atoms with Gasteiger partial charge in [0.1, 0.15) is 11.8 Å². The summed E-state index contributed by atoms with van der Waals surface area (Å²) in [6.45, 7) is 4.80. The van der Waals surface area contributed by atoms with E-state index >= 15 is 0 Å². The van der Waals surface area contributed by atoms with E-state index in [-0.39, 0.29) is 11.6 Å². The fourth-order valence-corrected chi connectivity index (χ4v) is 1.48. The summed E-state index contributed by atoms with van der Waals surface area (Å²) in [6, 6.07) is 5.06. The normalized spacial score (nSPS) is 9.94. The molecule has 0 spiro atoms. The van der Waals surface area contributed by atoms with Gasteiger partial charge < -0.3 is 4.90 Å². The molecule has 1 aromatic heterocycles. The van der Waals surface area contributed by atoms with E-state index in [9.17, 15) is 4.79 Å². The molecule has 16 heavy (non-hydrogen) atoms. The minimum atomic E-state index is -0.0763. The molecule has 0 radical (unpaired) electrons. The largest absolute Gasteiger partial charge is 0.341 e. The molecule has 0 aliphatic carbocycles. The molecule has 1 rings (SSSR count). The molecule has 0 fully saturated rings. The highest BCUT2D eigenvalue weighted by Gasteiger charge is 2.13. The van der Waals surface area contributed by atoms with Gasteiger partial charge >= 0.3 is 0 Å². The number of pyridine rings is 1. The van der Waals surface area contributed by atoms with Crippen molar-refractivity contribution < 1.29 is 4.79 Å². The fraction of sp³-hybridized carbons (Fsp3) is 0.417. The molecule has 4 heteroatoms. The monoisotopic (exact) mass is 217 g/mol. The second kappa shape index (κ2) is 5.26. The van der Waals surface area contributed by atoms with Gasteiger partial charge in [-0.1, -0.05) is 13.8 Å². The lowest BCUT2D eigenvalue weighted by atomic mass is 10.1. The van der Waals surface area contributed by atoms with Crippen LogP contribution in [0.5, 0.6) is 0 Å². The van der Waals surface area contributed by atoms with Crippen LogP contribution in [0.3, 0.4) is 0 Å². The SMILES string of the molecule is CC(C)CN(C)C(=O)c1ccnc(C#N)c1. The lowest BCUT2D eigenvalue weighted by Gasteiger charge is -2.19. The van der Waals surface area contributed by atoms with Gasteiger partial charge in [-0.05, 0) is 18.1 Å². The minimum Gasteiger partial charge on any atom is -0.341 e. The highest BCUT2D eigenvalue weighted by atomic mass is 16.2. The number of carbonyl (C=O) groups is 1. The molecule has 0 saturated heterocycles. The van der Waals surface area contributed by atoms with Crippen LogP contribution in [0.15, 0.2) is 18.3 Å². The molecular weight excluding hydrogens is 202 g/mol. The third-order valence-electron chi connectivity index (χ3n) is 2.11. The van der Waals surface area contributed by atoms with E-state index in [2.05, 4.69) is 18.8 Å². The van der Waals surface area contributed by atoms with Crippen molar-refractivity contribution >= 4 is 5.91 Å². The molecule has 0 unspecified atom stereocenters. The van der Waals surface area contributed by atoms with Gasteiger partial charge in [0, 0.05) is 25.4 Å². The molecule has 1 aromatic rings. The number of nitrogens with zero attached hydrogens (tertiary/aromatic N) is 3. The Morgan fingerprint density at radius 1 is 1.62 bits per heavy atom. The van der Waals surface area contributed by atoms with Crippen LogP contribution in [0.1, 0.15) is 29.9 Å². The van der Waals surface area contributed by atoms with Crippen LogP contribution in [-0.2, 0) is 0 Å². The van der Waals surface area contributed by atoms with Crippen LogP contribution in [0, 0.1) is 17.2 Å².